The third-order valence-corrected chi connectivity index (χ3v) is 3.29. The number of hydrogen-bond acceptors (Lipinski definition) is 5. The van der Waals surface area contributed by atoms with Crippen LogP contribution in [0.25, 0.3) is 0 Å². The molecule has 0 radical (unpaired) electrons. The van der Waals surface area contributed by atoms with Gasteiger partial charge in [-0.15, -0.1) is 0 Å². The molecule has 2 rings (SSSR count). The van der Waals surface area contributed by atoms with Crippen molar-refractivity contribution in [1.82, 2.24) is 10.3 Å². The third kappa shape index (κ3) is 2.96. The topological polar surface area (TPSA) is 94.3 Å². The predicted molar refractivity (Wildman–Crippen MR) is 73.6 cm³/mol. The normalized spacial score (nSPS) is 13.5. The number of fused-ring (bicyclic) bond motifs is 1. The molecule has 1 aromatic heterocycles. The summed E-state index contributed by atoms with van der Waals surface area (Å²) in [6, 6.07) is 0. The molecular weight excluding hydrogens is 258 g/mol. The molecule has 6 nitrogen and oxygen atoms in total. The molecule has 1 aromatic rings. The van der Waals surface area contributed by atoms with Crippen LogP contribution < -0.4 is 15.8 Å². The number of hydrogen-bond donors (Lipinski definition) is 2. The largest absolute Gasteiger partial charge is 0.491 e. The number of nitrogens with zero attached hydrogens (tertiary/aromatic N) is 1. The van der Waals surface area contributed by atoms with Gasteiger partial charge in [0.25, 0.3) is 5.91 Å². The Hall–Kier alpha value is -1.95. The molecule has 0 aromatic carbocycles. The van der Waals surface area contributed by atoms with E-state index in [1.807, 2.05) is 6.92 Å². The van der Waals surface area contributed by atoms with E-state index >= 15 is 0 Å². The van der Waals surface area contributed by atoms with Gasteiger partial charge >= 0.3 is 0 Å². The van der Waals surface area contributed by atoms with Crippen LogP contribution in [0.15, 0.2) is 6.20 Å². The lowest BCUT2D eigenvalue weighted by Gasteiger charge is -2.20. The summed E-state index contributed by atoms with van der Waals surface area (Å²) >= 11 is 0. The van der Waals surface area contributed by atoms with E-state index in [0.717, 1.165) is 36.8 Å². The van der Waals surface area contributed by atoms with Gasteiger partial charge in [-0.3, -0.25) is 14.9 Å². The zero-order valence-corrected chi connectivity index (χ0v) is 11.6. The Balaban J connectivity index is 2.36. The molecule has 0 saturated heterocycles. The summed E-state index contributed by atoms with van der Waals surface area (Å²) in [5.74, 6) is -0.582. The number of pyridine rings is 1. The summed E-state index contributed by atoms with van der Waals surface area (Å²) in [7, 11) is 0. The minimum Gasteiger partial charge on any atom is -0.491 e. The standard InChI is InChI=1S/C14H19N3O3/c1-2-20-13-10-6-4-3-5-9(10)8-16-12(13)14(19)17-11(18)7-15/h8H,2-7,15H2,1H3,(H,17,18,19). The zero-order chi connectivity index (χ0) is 14.5. The number of aryl methyl sites for hydroxylation is 1. The molecule has 108 valence electrons. The first-order chi connectivity index (χ1) is 9.67. The van der Waals surface area contributed by atoms with Gasteiger partial charge < -0.3 is 10.5 Å². The first-order valence-corrected chi connectivity index (χ1v) is 6.85. The Morgan fingerprint density at radius 3 is 2.85 bits per heavy atom. The molecule has 0 bridgehead atoms. The van der Waals surface area contributed by atoms with E-state index < -0.39 is 11.8 Å². The van der Waals surface area contributed by atoms with Crippen LogP contribution in [-0.4, -0.2) is 29.9 Å². The molecule has 0 aliphatic heterocycles. The second-order valence-electron chi connectivity index (χ2n) is 4.66. The van der Waals surface area contributed by atoms with Gasteiger partial charge in [-0.05, 0) is 38.2 Å². The maximum absolute atomic E-state index is 12.1. The van der Waals surface area contributed by atoms with E-state index in [0.29, 0.717) is 12.4 Å². The second-order valence-corrected chi connectivity index (χ2v) is 4.66. The van der Waals surface area contributed by atoms with Crippen LogP contribution in [0.2, 0.25) is 0 Å². The van der Waals surface area contributed by atoms with Crippen molar-refractivity contribution < 1.29 is 14.3 Å². The van der Waals surface area contributed by atoms with E-state index in [2.05, 4.69) is 10.3 Å². The van der Waals surface area contributed by atoms with Gasteiger partial charge in [0.05, 0.1) is 13.2 Å². The molecule has 0 fully saturated rings. The lowest BCUT2D eigenvalue weighted by Crippen LogP contribution is -2.36. The van der Waals surface area contributed by atoms with Crippen LogP contribution >= 0.6 is 0 Å². The van der Waals surface area contributed by atoms with Crippen molar-refractivity contribution in [3.8, 4) is 5.75 Å². The van der Waals surface area contributed by atoms with Gasteiger partial charge in [-0.2, -0.15) is 0 Å². The number of nitrogens with one attached hydrogen (secondary N) is 1. The van der Waals surface area contributed by atoms with Crippen LogP contribution in [0.4, 0.5) is 0 Å². The highest BCUT2D eigenvalue weighted by Gasteiger charge is 2.23. The van der Waals surface area contributed by atoms with Gasteiger partial charge in [0, 0.05) is 11.8 Å². The van der Waals surface area contributed by atoms with Crippen molar-refractivity contribution in [3.05, 3.63) is 23.0 Å². The van der Waals surface area contributed by atoms with Crippen molar-refractivity contribution in [2.45, 2.75) is 32.6 Å². The zero-order valence-electron chi connectivity index (χ0n) is 11.6. The SMILES string of the molecule is CCOc1c(C(=O)NC(=O)CN)ncc2c1CCCC2. The maximum Gasteiger partial charge on any atom is 0.280 e. The van der Waals surface area contributed by atoms with Gasteiger partial charge in [0.15, 0.2) is 11.4 Å². The van der Waals surface area contributed by atoms with Crippen molar-refractivity contribution in [1.29, 1.82) is 0 Å². The summed E-state index contributed by atoms with van der Waals surface area (Å²) in [6.07, 6.45) is 5.72. The van der Waals surface area contributed by atoms with Crippen LogP contribution in [0.3, 0.4) is 0 Å². The average Bonchev–Trinajstić information content (AvgIpc) is 2.47. The molecule has 20 heavy (non-hydrogen) atoms. The number of ether oxygens (including phenoxy) is 1. The van der Waals surface area contributed by atoms with Crippen molar-refractivity contribution >= 4 is 11.8 Å². The van der Waals surface area contributed by atoms with E-state index in [1.165, 1.54) is 0 Å². The summed E-state index contributed by atoms with van der Waals surface area (Å²) in [5, 5.41) is 2.21. The van der Waals surface area contributed by atoms with E-state index in [4.69, 9.17) is 10.5 Å². The Labute approximate surface area is 117 Å². The first-order valence-electron chi connectivity index (χ1n) is 6.85. The molecule has 0 atom stereocenters. The number of carbonyl (C=O) groups is 2. The molecular formula is C14H19N3O3. The first kappa shape index (κ1) is 14.5. The summed E-state index contributed by atoms with van der Waals surface area (Å²) in [4.78, 5) is 27.5. The van der Waals surface area contributed by atoms with Crippen LogP contribution in [0.1, 0.15) is 41.4 Å². The number of rotatable bonds is 4. The number of aromatic nitrogens is 1. The highest BCUT2D eigenvalue weighted by molar-refractivity contribution is 6.05. The Bertz CT molecular complexity index is 529. The Kier molecular flexibility index (Phi) is 4.68. The lowest BCUT2D eigenvalue weighted by molar-refractivity contribution is -0.118. The fraction of sp³-hybridized carbons (Fsp3) is 0.500. The van der Waals surface area contributed by atoms with Crippen molar-refractivity contribution in [2.75, 3.05) is 13.2 Å². The average molecular weight is 277 g/mol. The summed E-state index contributed by atoms with van der Waals surface area (Å²) < 4.78 is 5.61. The fourth-order valence-electron chi connectivity index (χ4n) is 2.37. The Morgan fingerprint density at radius 2 is 2.15 bits per heavy atom. The van der Waals surface area contributed by atoms with E-state index in [-0.39, 0.29) is 12.2 Å². The number of imide groups is 1. The molecule has 0 saturated carbocycles. The fourth-order valence-corrected chi connectivity index (χ4v) is 2.37. The van der Waals surface area contributed by atoms with E-state index in [9.17, 15) is 9.59 Å². The lowest BCUT2D eigenvalue weighted by atomic mass is 9.92. The Morgan fingerprint density at radius 1 is 1.40 bits per heavy atom. The monoisotopic (exact) mass is 277 g/mol. The summed E-state index contributed by atoms with van der Waals surface area (Å²) in [6.45, 7) is 2.07. The number of carbonyl (C=O) groups excluding carboxylic acids is 2. The van der Waals surface area contributed by atoms with Gasteiger partial charge in [-0.1, -0.05) is 0 Å². The molecule has 6 heteroatoms. The van der Waals surface area contributed by atoms with Gasteiger partial charge in [0.2, 0.25) is 5.91 Å². The van der Waals surface area contributed by atoms with Crippen LogP contribution in [0, 0.1) is 0 Å². The van der Waals surface area contributed by atoms with Gasteiger partial charge in [0.1, 0.15) is 0 Å². The predicted octanol–water partition coefficient (Wildman–Crippen LogP) is 0.574. The molecule has 0 unspecified atom stereocenters. The van der Waals surface area contributed by atoms with Crippen LogP contribution in [-0.2, 0) is 17.6 Å². The van der Waals surface area contributed by atoms with Crippen LogP contribution in [0.5, 0.6) is 5.75 Å². The molecule has 1 heterocycles. The number of amides is 2. The number of nitrogens with two attached hydrogens (primary N) is 1. The molecule has 3 N–H and O–H groups in total. The molecule has 1 aliphatic carbocycles. The highest BCUT2D eigenvalue weighted by atomic mass is 16.5. The maximum atomic E-state index is 12.1. The smallest absolute Gasteiger partial charge is 0.280 e. The highest BCUT2D eigenvalue weighted by Crippen LogP contribution is 2.31. The molecule has 0 spiro atoms. The minimum atomic E-state index is -0.558. The van der Waals surface area contributed by atoms with Crippen molar-refractivity contribution in [3.63, 3.8) is 0 Å². The third-order valence-electron chi connectivity index (χ3n) is 3.29. The molecule has 1 aliphatic rings. The van der Waals surface area contributed by atoms with Gasteiger partial charge in [-0.25, -0.2) is 4.98 Å². The summed E-state index contributed by atoms with van der Waals surface area (Å²) in [5.41, 5.74) is 7.52. The minimum absolute atomic E-state index is 0.161. The van der Waals surface area contributed by atoms with Crippen molar-refractivity contribution in [2.24, 2.45) is 5.73 Å². The molecule has 2 amide bonds. The second kappa shape index (κ2) is 6.47. The van der Waals surface area contributed by atoms with E-state index in [1.54, 1.807) is 6.20 Å². The quantitative estimate of drug-likeness (QED) is 0.839.